The summed E-state index contributed by atoms with van der Waals surface area (Å²) in [7, 11) is -3.77. The predicted molar refractivity (Wildman–Crippen MR) is 82.3 cm³/mol. The first-order valence-electron chi connectivity index (χ1n) is 7.23. The molecule has 0 atom stereocenters. The molecule has 0 aromatic heterocycles. The lowest BCUT2D eigenvalue weighted by molar-refractivity contribution is 0.279. The molecule has 1 heterocycles. The Labute approximate surface area is 131 Å². The topological polar surface area (TPSA) is 37.4 Å². The van der Waals surface area contributed by atoms with Crippen molar-refractivity contribution in [3.63, 3.8) is 0 Å². The van der Waals surface area contributed by atoms with Crippen LogP contribution >= 0.6 is 11.6 Å². The van der Waals surface area contributed by atoms with E-state index in [2.05, 4.69) is 13.8 Å². The third-order valence-electron chi connectivity index (χ3n) is 4.67. The number of benzene rings is 1. The van der Waals surface area contributed by atoms with Gasteiger partial charge < -0.3 is 0 Å². The molecular weight excluding hydrogens is 313 g/mol. The molecule has 1 aliphatic heterocycles. The van der Waals surface area contributed by atoms with Crippen LogP contribution in [0.3, 0.4) is 0 Å². The van der Waals surface area contributed by atoms with Crippen LogP contribution in [0.2, 0.25) is 0 Å². The van der Waals surface area contributed by atoms with Crippen molar-refractivity contribution >= 4 is 21.6 Å². The summed E-state index contributed by atoms with van der Waals surface area (Å²) >= 11 is 5.64. The normalized spacial score (nSPS) is 19.0. The Balaban J connectivity index is 2.31. The second-order valence-electron chi connectivity index (χ2n) is 5.69. The molecule has 1 aromatic carbocycles. The van der Waals surface area contributed by atoms with E-state index in [9.17, 15) is 12.8 Å². The average Bonchev–Trinajstić information content (AvgIpc) is 2.92. The Bertz CT molecular complexity index is 614. The van der Waals surface area contributed by atoms with Gasteiger partial charge in [-0.25, -0.2) is 12.8 Å². The minimum absolute atomic E-state index is 0.0274. The van der Waals surface area contributed by atoms with Crippen LogP contribution < -0.4 is 0 Å². The minimum atomic E-state index is -3.77. The van der Waals surface area contributed by atoms with E-state index >= 15 is 0 Å². The van der Waals surface area contributed by atoms with Gasteiger partial charge in [-0.15, -0.1) is 11.6 Å². The van der Waals surface area contributed by atoms with E-state index in [0.717, 1.165) is 19.3 Å². The molecular formula is C15H21ClFNO2S. The SMILES string of the molecule is CCC1(CC)CCN(S(=O)(=O)c2ccc(CCl)cc2F)C1. The van der Waals surface area contributed by atoms with E-state index in [1.165, 1.54) is 16.4 Å². The lowest BCUT2D eigenvalue weighted by Crippen LogP contribution is -2.32. The molecule has 0 saturated carbocycles. The first kappa shape index (κ1) is 16.7. The van der Waals surface area contributed by atoms with Crippen LogP contribution in [0.15, 0.2) is 23.1 Å². The second kappa shape index (κ2) is 6.23. The molecule has 0 N–H and O–H groups in total. The molecule has 6 heteroatoms. The molecule has 1 aromatic rings. The molecule has 0 aliphatic carbocycles. The molecule has 1 fully saturated rings. The van der Waals surface area contributed by atoms with Crippen molar-refractivity contribution in [3.05, 3.63) is 29.6 Å². The molecule has 1 aliphatic rings. The molecule has 21 heavy (non-hydrogen) atoms. The van der Waals surface area contributed by atoms with Gasteiger partial charge in [-0.3, -0.25) is 0 Å². The van der Waals surface area contributed by atoms with Crippen molar-refractivity contribution < 1.29 is 12.8 Å². The van der Waals surface area contributed by atoms with Gasteiger partial charge in [0.15, 0.2) is 0 Å². The van der Waals surface area contributed by atoms with E-state index < -0.39 is 15.8 Å². The van der Waals surface area contributed by atoms with Crippen molar-refractivity contribution in [2.24, 2.45) is 5.41 Å². The van der Waals surface area contributed by atoms with Crippen LogP contribution in [0.5, 0.6) is 0 Å². The summed E-state index contributed by atoms with van der Waals surface area (Å²) in [5.74, 6) is -0.561. The lowest BCUT2D eigenvalue weighted by atomic mass is 9.82. The van der Waals surface area contributed by atoms with Gasteiger partial charge >= 0.3 is 0 Å². The second-order valence-corrected chi connectivity index (χ2v) is 7.87. The molecule has 0 spiro atoms. The Morgan fingerprint density at radius 3 is 2.48 bits per heavy atom. The average molecular weight is 334 g/mol. The number of hydrogen-bond acceptors (Lipinski definition) is 2. The lowest BCUT2D eigenvalue weighted by Gasteiger charge is -2.26. The van der Waals surface area contributed by atoms with Crippen molar-refractivity contribution in [1.29, 1.82) is 0 Å². The monoisotopic (exact) mass is 333 g/mol. The van der Waals surface area contributed by atoms with Crippen LogP contribution in [0, 0.1) is 11.2 Å². The summed E-state index contributed by atoms with van der Waals surface area (Å²) in [6.45, 7) is 5.09. The van der Waals surface area contributed by atoms with Crippen molar-refractivity contribution in [2.75, 3.05) is 13.1 Å². The Hall–Kier alpha value is -0.650. The molecule has 0 bridgehead atoms. The highest BCUT2D eigenvalue weighted by Gasteiger charge is 2.41. The van der Waals surface area contributed by atoms with Gasteiger partial charge in [0.1, 0.15) is 10.7 Å². The number of nitrogens with zero attached hydrogens (tertiary/aromatic N) is 1. The van der Waals surface area contributed by atoms with Gasteiger partial charge in [0.2, 0.25) is 10.0 Å². The zero-order valence-corrected chi connectivity index (χ0v) is 14.0. The van der Waals surface area contributed by atoms with Gasteiger partial charge in [-0.05, 0) is 42.4 Å². The van der Waals surface area contributed by atoms with Gasteiger partial charge in [-0.2, -0.15) is 4.31 Å². The van der Waals surface area contributed by atoms with E-state index in [4.69, 9.17) is 11.6 Å². The van der Waals surface area contributed by atoms with Crippen molar-refractivity contribution in [1.82, 2.24) is 4.31 Å². The highest BCUT2D eigenvalue weighted by molar-refractivity contribution is 7.89. The van der Waals surface area contributed by atoms with Crippen LogP contribution in [-0.2, 0) is 15.9 Å². The fourth-order valence-electron chi connectivity index (χ4n) is 2.90. The smallest absolute Gasteiger partial charge is 0.207 e. The van der Waals surface area contributed by atoms with Crippen LogP contribution in [0.4, 0.5) is 4.39 Å². The largest absolute Gasteiger partial charge is 0.246 e. The van der Waals surface area contributed by atoms with Crippen LogP contribution in [-0.4, -0.2) is 25.8 Å². The quantitative estimate of drug-likeness (QED) is 0.769. The molecule has 0 amide bonds. The maximum absolute atomic E-state index is 14.1. The molecule has 0 unspecified atom stereocenters. The number of hydrogen-bond donors (Lipinski definition) is 0. The Morgan fingerprint density at radius 2 is 2.00 bits per heavy atom. The molecule has 3 nitrogen and oxygen atoms in total. The summed E-state index contributed by atoms with van der Waals surface area (Å²) in [6, 6.07) is 4.08. The summed E-state index contributed by atoms with van der Waals surface area (Å²) in [6.07, 6.45) is 2.70. The van der Waals surface area contributed by atoms with Crippen LogP contribution in [0.1, 0.15) is 38.7 Å². The highest BCUT2D eigenvalue weighted by Crippen LogP contribution is 2.39. The van der Waals surface area contributed by atoms with E-state index in [1.807, 2.05) is 0 Å². The van der Waals surface area contributed by atoms with Gasteiger partial charge in [0.05, 0.1) is 0 Å². The molecule has 118 valence electrons. The number of rotatable bonds is 5. The fraction of sp³-hybridized carbons (Fsp3) is 0.600. The van der Waals surface area contributed by atoms with Crippen LogP contribution in [0.25, 0.3) is 0 Å². The van der Waals surface area contributed by atoms with E-state index in [-0.39, 0.29) is 16.2 Å². The summed E-state index contributed by atoms with van der Waals surface area (Å²) in [4.78, 5) is -0.251. The van der Waals surface area contributed by atoms with Crippen molar-refractivity contribution in [3.8, 4) is 0 Å². The number of sulfonamides is 1. The third-order valence-corrected chi connectivity index (χ3v) is 6.86. The molecule has 2 rings (SSSR count). The standard InChI is InChI=1S/C15H21ClFNO2S/c1-3-15(4-2)7-8-18(11-15)21(19,20)14-6-5-12(10-16)9-13(14)17/h5-6,9H,3-4,7-8,10-11H2,1-2H3. The van der Waals surface area contributed by atoms with Gasteiger partial charge in [-0.1, -0.05) is 19.9 Å². The minimum Gasteiger partial charge on any atom is -0.207 e. The van der Waals surface area contributed by atoms with Crippen molar-refractivity contribution in [2.45, 2.75) is 43.9 Å². The number of alkyl halides is 1. The van der Waals surface area contributed by atoms with E-state index in [1.54, 1.807) is 6.07 Å². The Morgan fingerprint density at radius 1 is 1.33 bits per heavy atom. The molecule has 0 radical (unpaired) electrons. The summed E-state index contributed by atoms with van der Waals surface area (Å²) < 4.78 is 40.7. The fourth-order valence-corrected chi connectivity index (χ4v) is 4.67. The maximum Gasteiger partial charge on any atom is 0.246 e. The molecule has 1 saturated heterocycles. The number of halogens is 2. The third kappa shape index (κ3) is 3.10. The highest BCUT2D eigenvalue weighted by atomic mass is 35.5. The summed E-state index contributed by atoms with van der Waals surface area (Å²) in [5.41, 5.74) is 0.602. The first-order chi connectivity index (χ1) is 9.88. The van der Waals surface area contributed by atoms with Gasteiger partial charge in [0.25, 0.3) is 0 Å². The van der Waals surface area contributed by atoms with Gasteiger partial charge in [0, 0.05) is 19.0 Å². The zero-order valence-electron chi connectivity index (χ0n) is 12.4. The predicted octanol–water partition coefficient (Wildman–Crippen LogP) is 3.77. The Kier molecular flexibility index (Phi) is 4.96. The van der Waals surface area contributed by atoms with E-state index in [0.29, 0.717) is 18.7 Å². The zero-order chi connectivity index (χ0) is 15.7. The first-order valence-corrected chi connectivity index (χ1v) is 9.20. The maximum atomic E-state index is 14.1. The summed E-state index contributed by atoms with van der Waals surface area (Å²) in [5, 5.41) is 0.